The number of hydrogen-bond donors (Lipinski definition) is 1. The van der Waals surface area contributed by atoms with E-state index in [0.717, 1.165) is 29.4 Å². The zero-order valence-electron chi connectivity index (χ0n) is 11.3. The maximum Gasteiger partial charge on any atom is 0.104 e. The van der Waals surface area contributed by atoms with Gasteiger partial charge in [-0.25, -0.2) is 0 Å². The lowest BCUT2D eigenvalue weighted by molar-refractivity contribution is 0.364. The van der Waals surface area contributed by atoms with E-state index in [1.807, 2.05) is 24.0 Å². The summed E-state index contributed by atoms with van der Waals surface area (Å²) in [4.78, 5) is 0. The monoisotopic (exact) mass is 360 g/mol. The summed E-state index contributed by atoms with van der Waals surface area (Å²) < 4.78 is 3.12. The van der Waals surface area contributed by atoms with E-state index < -0.39 is 5.54 Å². The van der Waals surface area contributed by atoms with Crippen LogP contribution < -0.4 is 5.32 Å². The van der Waals surface area contributed by atoms with Gasteiger partial charge in [-0.2, -0.15) is 10.4 Å². The van der Waals surface area contributed by atoms with Crippen LogP contribution in [0.25, 0.3) is 0 Å². The first-order chi connectivity index (χ1) is 8.45. The number of aryl methyl sites for hydroxylation is 1. The van der Waals surface area contributed by atoms with E-state index >= 15 is 0 Å². The molecule has 1 atom stereocenters. The van der Waals surface area contributed by atoms with Crippen LogP contribution in [0.15, 0.2) is 12.4 Å². The number of halogens is 1. The minimum absolute atomic E-state index is 0.336. The van der Waals surface area contributed by atoms with Gasteiger partial charge in [0.05, 0.1) is 15.8 Å². The molecule has 0 bridgehead atoms. The molecule has 0 radical (unpaired) electrons. The van der Waals surface area contributed by atoms with Gasteiger partial charge in [0, 0.05) is 18.8 Å². The van der Waals surface area contributed by atoms with Crippen molar-refractivity contribution >= 4 is 22.6 Å². The highest BCUT2D eigenvalue weighted by molar-refractivity contribution is 14.1. The Morgan fingerprint density at radius 1 is 1.56 bits per heavy atom. The van der Waals surface area contributed by atoms with E-state index in [1.165, 1.54) is 0 Å². The summed E-state index contributed by atoms with van der Waals surface area (Å²) in [7, 11) is 0. The molecule has 1 heterocycles. The smallest absolute Gasteiger partial charge is 0.104 e. The predicted octanol–water partition coefficient (Wildman–Crippen LogP) is 2.94. The second-order valence-corrected chi connectivity index (χ2v) is 6.37. The van der Waals surface area contributed by atoms with Crippen LogP contribution in [0.4, 0.5) is 0 Å². The van der Waals surface area contributed by atoms with E-state index in [1.54, 1.807) is 0 Å². The first-order valence-electron chi connectivity index (χ1n) is 6.32. The molecular formula is C13H21IN4. The topological polar surface area (TPSA) is 53.6 Å². The van der Waals surface area contributed by atoms with Crippen LogP contribution in [-0.4, -0.2) is 21.4 Å². The van der Waals surface area contributed by atoms with Gasteiger partial charge in [0.25, 0.3) is 0 Å². The summed E-state index contributed by atoms with van der Waals surface area (Å²) in [6.07, 6.45) is 6.85. The van der Waals surface area contributed by atoms with E-state index in [-0.39, 0.29) is 0 Å². The zero-order valence-corrected chi connectivity index (χ0v) is 13.4. The number of hydrogen-bond acceptors (Lipinski definition) is 3. The van der Waals surface area contributed by atoms with Gasteiger partial charge in [0.1, 0.15) is 5.54 Å². The van der Waals surface area contributed by atoms with Crippen molar-refractivity contribution in [3.8, 4) is 6.07 Å². The first kappa shape index (κ1) is 15.4. The van der Waals surface area contributed by atoms with Crippen molar-refractivity contribution in [2.45, 2.75) is 58.2 Å². The Balaban J connectivity index is 2.30. The second-order valence-electron chi connectivity index (χ2n) is 5.12. The molecule has 0 saturated carbocycles. The molecule has 1 aromatic rings. The van der Waals surface area contributed by atoms with Gasteiger partial charge >= 0.3 is 0 Å². The van der Waals surface area contributed by atoms with Crippen molar-refractivity contribution in [2.75, 3.05) is 0 Å². The van der Waals surface area contributed by atoms with Gasteiger partial charge in [-0.05, 0) is 62.6 Å². The molecule has 0 aliphatic rings. The van der Waals surface area contributed by atoms with Gasteiger partial charge in [0.2, 0.25) is 0 Å². The number of aromatic nitrogens is 2. The number of nitrogens with one attached hydrogen (secondary N) is 1. The lowest BCUT2D eigenvalue weighted by Crippen LogP contribution is -2.44. The molecule has 0 aliphatic heterocycles. The minimum Gasteiger partial charge on any atom is -0.297 e. The number of nitrogens with zero attached hydrogens (tertiary/aromatic N) is 3. The van der Waals surface area contributed by atoms with Crippen molar-refractivity contribution < 1.29 is 0 Å². The summed E-state index contributed by atoms with van der Waals surface area (Å²) in [5.41, 5.74) is -0.410. The molecule has 0 aliphatic carbocycles. The summed E-state index contributed by atoms with van der Waals surface area (Å²) in [5.74, 6) is 0. The van der Waals surface area contributed by atoms with Crippen molar-refractivity contribution in [2.24, 2.45) is 0 Å². The Bertz CT molecular complexity index is 407. The summed E-state index contributed by atoms with van der Waals surface area (Å²) in [6.45, 7) is 7.04. The Morgan fingerprint density at radius 2 is 2.28 bits per heavy atom. The molecule has 18 heavy (non-hydrogen) atoms. The summed E-state index contributed by atoms with van der Waals surface area (Å²) >= 11 is 2.26. The van der Waals surface area contributed by atoms with E-state index in [9.17, 15) is 5.26 Å². The fourth-order valence-electron chi connectivity index (χ4n) is 2.01. The molecule has 1 unspecified atom stereocenters. The standard InChI is InChI=1S/C13H21IN4/c1-11(2)17-13(3,10-15)6-4-5-7-18-9-12(14)8-16-18/h8-9,11,17H,4-7H2,1-3H3. The van der Waals surface area contributed by atoms with Crippen LogP contribution in [0, 0.1) is 14.9 Å². The molecule has 100 valence electrons. The molecule has 1 rings (SSSR count). The number of unbranched alkanes of at least 4 members (excludes halogenated alkanes) is 1. The van der Waals surface area contributed by atoms with Crippen molar-refractivity contribution in [1.82, 2.24) is 15.1 Å². The Kier molecular flexibility index (Phi) is 6.09. The van der Waals surface area contributed by atoms with Crippen LogP contribution in [-0.2, 0) is 6.54 Å². The van der Waals surface area contributed by atoms with Crippen molar-refractivity contribution in [3.05, 3.63) is 16.0 Å². The Labute approximate surface area is 123 Å². The largest absolute Gasteiger partial charge is 0.297 e. The van der Waals surface area contributed by atoms with Crippen LogP contribution in [0.3, 0.4) is 0 Å². The van der Waals surface area contributed by atoms with Gasteiger partial charge in [-0.1, -0.05) is 0 Å². The third-order valence-electron chi connectivity index (χ3n) is 2.77. The average Bonchev–Trinajstić information content (AvgIpc) is 2.70. The molecule has 5 heteroatoms. The van der Waals surface area contributed by atoms with E-state index in [4.69, 9.17) is 0 Å². The van der Waals surface area contributed by atoms with Gasteiger partial charge in [-0.3, -0.25) is 10.00 Å². The van der Waals surface area contributed by atoms with E-state index in [2.05, 4.69) is 52.9 Å². The fraction of sp³-hybridized carbons (Fsp3) is 0.692. The molecule has 0 spiro atoms. The van der Waals surface area contributed by atoms with Crippen molar-refractivity contribution in [1.29, 1.82) is 5.26 Å². The lowest BCUT2D eigenvalue weighted by Gasteiger charge is -2.25. The highest BCUT2D eigenvalue weighted by Crippen LogP contribution is 2.14. The molecule has 4 nitrogen and oxygen atoms in total. The molecule has 1 aromatic heterocycles. The highest BCUT2D eigenvalue weighted by Gasteiger charge is 2.23. The van der Waals surface area contributed by atoms with Crippen LogP contribution in [0.2, 0.25) is 0 Å². The fourth-order valence-corrected chi connectivity index (χ4v) is 2.46. The van der Waals surface area contributed by atoms with Gasteiger partial charge < -0.3 is 0 Å². The first-order valence-corrected chi connectivity index (χ1v) is 7.40. The number of rotatable bonds is 7. The number of nitriles is 1. The van der Waals surface area contributed by atoms with Gasteiger partial charge in [-0.15, -0.1) is 0 Å². The molecule has 0 fully saturated rings. The van der Waals surface area contributed by atoms with Crippen molar-refractivity contribution in [3.63, 3.8) is 0 Å². The third kappa shape index (κ3) is 5.36. The maximum absolute atomic E-state index is 9.22. The van der Waals surface area contributed by atoms with Crippen LogP contribution in [0.5, 0.6) is 0 Å². The molecule has 0 saturated heterocycles. The Hall–Kier alpha value is -0.610. The zero-order chi connectivity index (χ0) is 13.6. The Morgan fingerprint density at radius 3 is 2.78 bits per heavy atom. The predicted molar refractivity (Wildman–Crippen MR) is 81.1 cm³/mol. The van der Waals surface area contributed by atoms with E-state index in [0.29, 0.717) is 6.04 Å². The summed E-state index contributed by atoms with van der Waals surface area (Å²) in [5, 5.41) is 16.8. The molecule has 1 N–H and O–H groups in total. The normalized spacial score (nSPS) is 14.4. The van der Waals surface area contributed by atoms with Crippen LogP contribution in [0.1, 0.15) is 40.0 Å². The quantitative estimate of drug-likeness (QED) is 0.601. The third-order valence-corrected chi connectivity index (χ3v) is 3.33. The summed E-state index contributed by atoms with van der Waals surface area (Å²) in [6, 6.07) is 2.71. The molecule has 0 aromatic carbocycles. The second kappa shape index (κ2) is 7.10. The maximum atomic E-state index is 9.22. The SMILES string of the molecule is CC(C)NC(C)(C#N)CCCCn1cc(I)cn1. The molecular weight excluding hydrogens is 339 g/mol. The molecule has 0 amide bonds. The highest BCUT2D eigenvalue weighted by atomic mass is 127. The lowest BCUT2D eigenvalue weighted by atomic mass is 9.95. The van der Waals surface area contributed by atoms with Gasteiger partial charge in [0.15, 0.2) is 0 Å². The van der Waals surface area contributed by atoms with Crippen LogP contribution >= 0.6 is 22.6 Å². The average molecular weight is 360 g/mol. The minimum atomic E-state index is -0.410.